The average molecular weight is 746 g/mol. The van der Waals surface area contributed by atoms with Crippen LogP contribution in [-0.2, 0) is 0 Å². The summed E-state index contributed by atoms with van der Waals surface area (Å²) in [7, 11) is 0. The second-order valence-corrected chi connectivity index (χ2v) is 15.6. The highest BCUT2D eigenvalue weighted by Crippen LogP contribution is 2.45. The van der Waals surface area contributed by atoms with Crippen molar-refractivity contribution in [1.29, 1.82) is 0 Å². The average Bonchev–Trinajstić information content (AvgIpc) is 3.96. The van der Waals surface area contributed by atoms with Crippen molar-refractivity contribution in [2.75, 3.05) is 0 Å². The van der Waals surface area contributed by atoms with Crippen LogP contribution in [-0.4, -0.2) is 14.5 Å². The zero-order chi connectivity index (χ0) is 37.5. The summed E-state index contributed by atoms with van der Waals surface area (Å²) in [5.74, 6) is 0.698. The predicted molar refractivity (Wildman–Crippen MR) is 238 cm³/mol. The van der Waals surface area contributed by atoms with E-state index >= 15 is 0 Å². The Labute approximate surface area is 331 Å². The van der Waals surface area contributed by atoms with Crippen molar-refractivity contribution in [2.45, 2.75) is 0 Å². The van der Waals surface area contributed by atoms with Gasteiger partial charge < -0.3 is 8.98 Å². The highest BCUT2D eigenvalue weighted by atomic mass is 32.1. The van der Waals surface area contributed by atoms with Gasteiger partial charge >= 0.3 is 0 Å². The van der Waals surface area contributed by atoms with Crippen LogP contribution in [0.15, 0.2) is 192 Å². The minimum atomic E-state index is 0.698. The molecule has 12 rings (SSSR count). The van der Waals surface area contributed by atoms with Crippen LogP contribution in [0.4, 0.5) is 0 Å². The van der Waals surface area contributed by atoms with Gasteiger partial charge in [0.25, 0.3) is 0 Å². The Morgan fingerprint density at radius 3 is 1.86 bits per heavy atom. The number of nitrogens with zero attached hydrogens (tertiary/aromatic N) is 3. The Kier molecular flexibility index (Phi) is 7.06. The number of aromatic nitrogens is 3. The third kappa shape index (κ3) is 5.06. The molecule has 57 heavy (non-hydrogen) atoms. The van der Waals surface area contributed by atoms with Crippen molar-refractivity contribution in [3.05, 3.63) is 188 Å². The standard InChI is InChI=1S/C52H31N3OS/c1-3-14-32(15-4-1)43-31-44(33-16-5-2-6-17-33)54-52(53-43)39-21-13-23-46-50(39)38-20-7-10-22-45(38)55(46)35-29-40(51-42(30-35)37-19-9-12-25-49(37)57-51)34-26-27-48-41(28-34)36-18-8-11-24-47(36)56-48/h1-31H. The van der Waals surface area contributed by atoms with Gasteiger partial charge in [-0.25, -0.2) is 9.97 Å². The third-order valence-corrected chi connectivity index (χ3v) is 12.4. The van der Waals surface area contributed by atoms with E-state index in [2.05, 4.69) is 168 Å². The lowest BCUT2D eigenvalue weighted by Crippen LogP contribution is -1.97. The van der Waals surface area contributed by atoms with E-state index in [0.29, 0.717) is 5.82 Å². The molecule has 0 fully saturated rings. The van der Waals surface area contributed by atoms with Gasteiger partial charge in [0, 0.05) is 69.7 Å². The SMILES string of the molecule is c1ccc(-c2cc(-c3ccccc3)nc(-c3cccc4c3c3ccccc3n4-c3cc(-c4ccc5oc6ccccc6c5c4)c4sc5ccccc5c4c3)n2)cc1. The lowest BCUT2D eigenvalue weighted by molar-refractivity contribution is 0.669. The number of benzene rings is 8. The number of thiophene rings is 1. The number of fused-ring (bicyclic) bond motifs is 9. The highest BCUT2D eigenvalue weighted by molar-refractivity contribution is 7.26. The molecule has 0 atom stereocenters. The summed E-state index contributed by atoms with van der Waals surface area (Å²) < 4.78 is 11.2. The monoisotopic (exact) mass is 745 g/mol. The van der Waals surface area contributed by atoms with Gasteiger partial charge in [0.05, 0.1) is 22.4 Å². The van der Waals surface area contributed by atoms with Gasteiger partial charge in [0.2, 0.25) is 0 Å². The molecule has 4 nitrogen and oxygen atoms in total. The number of furan rings is 1. The molecule has 0 aliphatic rings. The molecule has 0 aliphatic carbocycles. The van der Waals surface area contributed by atoms with Crippen molar-refractivity contribution in [3.63, 3.8) is 0 Å². The number of para-hydroxylation sites is 2. The fraction of sp³-hybridized carbons (Fsp3) is 0. The molecule has 0 amide bonds. The number of hydrogen-bond acceptors (Lipinski definition) is 4. The molecule has 0 N–H and O–H groups in total. The van der Waals surface area contributed by atoms with E-state index < -0.39 is 0 Å². The topological polar surface area (TPSA) is 43.9 Å². The van der Waals surface area contributed by atoms with Crippen LogP contribution in [0.1, 0.15) is 0 Å². The molecule has 0 bridgehead atoms. The van der Waals surface area contributed by atoms with Crippen molar-refractivity contribution in [3.8, 4) is 50.7 Å². The molecule has 266 valence electrons. The van der Waals surface area contributed by atoms with Crippen LogP contribution in [0.3, 0.4) is 0 Å². The summed E-state index contributed by atoms with van der Waals surface area (Å²) in [6.45, 7) is 0. The maximum absolute atomic E-state index is 6.26. The fourth-order valence-corrected chi connectivity index (χ4v) is 9.83. The van der Waals surface area contributed by atoms with Crippen molar-refractivity contribution < 1.29 is 4.42 Å². The number of hydrogen-bond donors (Lipinski definition) is 0. The second kappa shape index (κ2) is 12.6. The van der Waals surface area contributed by atoms with Gasteiger partial charge in [-0.15, -0.1) is 11.3 Å². The lowest BCUT2D eigenvalue weighted by Gasteiger charge is -2.13. The van der Waals surface area contributed by atoms with E-state index in [1.165, 1.54) is 25.7 Å². The summed E-state index contributed by atoms with van der Waals surface area (Å²) in [6.07, 6.45) is 0. The van der Waals surface area contributed by atoms with Crippen LogP contribution >= 0.6 is 11.3 Å². The lowest BCUT2D eigenvalue weighted by atomic mass is 9.99. The van der Waals surface area contributed by atoms with Crippen molar-refractivity contribution in [2.24, 2.45) is 0 Å². The zero-order valence-corrected chi connectivity index (χ0v) is 31.4. The van der Waals surface area contributed by atoms with E-state index in [0.717, 1.165) is 83.1 Å². The van der Waals surface area contributed by atoms with Gasteiger partial charge in [-0.2, -0.15) is 0 Å². The van der Waals surface area contributed by atoms with E-state index in [1.807, 2.05) is 35.6 Å². The molecule has 4 aromatic heterocycles. The quantitative estimate of drug-likeness (QED) is 0.176. The largest absolute Gasteiger partial charge is 0.456 e. The summed E-state index contributed by atoms with van der Waals surface area (Å²) >= 11 is 1.86. The van der Waals surface area contributed by atoms with E-state index in [4.69, 9.17) is 14.4 Å². The van der Waals surface area contributed by atoms with Gasteiger partial charge in [0.1, 0.15) is 11.2 Å². The van der Waals surface area contributed by atoms with Crippen LogP contribution in [0.2, 0.25) is 0 Å². The molecular weight excluding hydrogens is 715 g/mol. The first-order valence-corrected chi connectivity index (χ1v) is 20.0. The van der Waals surface area contributed by atoms with Crippen LogP contribution in [0.5, 0.6) is 0 Å². The molecule has 0 saturated carbocycles. The van der Waals surface area contributed by atoms with Crippen molar-refractivity contribution >= 4 is 75.3 Å². The number of rotatable bonds is 5. The normalized spacial score (nSPS) is 11.9. The predicted octanol–water partition coefficient (Wildman–Crippen LogP) is 14.5. The second-order valence-electron chi connectivity index (χ2n) is 14.5. The molecular formula is C52H31N3OS. The molecule has 4 heterocycles. The highest BCUT2D eigenvalue weighted by Gasteiger charge is 2.21. The molecule has 8 aromatic carbocycles. The zero-order valence-electron chi connectivity index (χ0n) is 30.6. The molecule has 0 spiro atoms. The Morgan fingerprint density at radius 1 is 0.421 bits per heavy atom. The van der Waals surface area contributed by atoms with Crippen LogP contribution < -0.4 is 0 Å². The molecule has 0 saturated heterocycles. The maximum Gasteiger partial charge on any atom is 0.161 e. The van der Waals surface area contributed by atoms with Crippen molar-refractivity contribution in [1.82, 2.24) is 14.5 Å². The molecule has 12 aromatic rings. The summed E-state index contributed by atoms with van der Waals surface area (Å²) in [5.41, 5.74) is 12.4. The van der Waals surface area contributed by atoms with E-state index in [9.17, 15) is 0 Å². The Hall–Kier alpha value is -7.34. The summed E-state index contributed by atoms with van der Waals surface area (Å²) in [5, 5.41) is 7.03. The first kappa shape index (κ1) is 32.0. The molecule has 0 radical (unpaired) electrons. The Balaban J connectivity index is 1.14. The minimum absolute atomic E-state index is 0.698. The smallest absolute Gasteiger partial charge is 0.161 e. The van der Waals surface area contributed by atoms with Gasteiger partial charge in [-0.3, -0.25) is 0 Å². The van der Waals surface area contributed by atoms with E-state index in [1.54, 1.807) is 0 Å². The first-order chi connectivity index (χ1) is 28.2. The van der Waals surface area contributed by atoms with E-state index in [-0.39, 0.29) is 0 Å². The Bertz CT molecular complexity index is 3470. The third-order valence-electron chi connectivity index (χ3n) is 11.2. The van der Waals surface area contributed by atoms with Gasteiger partial charge in [-0.1, -0.05) is 133 Å². The molecule has 0 aliphatic heterocycles. The van der Waals surface area contributed by atoms with Gasteiger partial charge in [0.15, 0.2) is 5.82 Å². The molecule has 0 unspecified atom stereocenters. The minimum Gasteiger partial charge on any atom is -0.456 e. The Morgan fingerprint density at radius 2 is 1.07 bits per heavy atom. The fourth-order valence-electron chi connectivity index (χ4n) is 8.61. The van der Waals surface area contributed by atoms with Crippen LogP contribution in [0, 0.1) is 0 Å². The maximum atomic E-state index is 6.26. The van der Waals surface area contributed by atoms with Gasteiger partial charge in [-0.05, 0) is 60.2 Å². The summed E-state index contributed by atoms with van der Waals surface area (Å²) in [4.78, 5) is 10.6. The van der Waals surface area contributed by atoms with Crippen LogP contribution in [0.25, 0.3) is 115 Å². The summed E-state index contributed by atoms with van der Waals surface area (Å²) in [6, 6.07) is 66.6. The first-order valence-electron chi connectivity index (χ1n) is 19.1. The molecule has 5 heteroatoms.